The molecule has 1 heterocycles. The highest BCUT2D eigenvalue weighted by Gasteiger charge is 2.04. The molecule has 88 valence electrons. The molecule has 0 spiro atoms. The molecule has 2 aromatic rings. The van der Waals surface area contributed by atoms with Crippen LogP contribution in [0.2, 0.25) is 0 Å². The first-order valence-corrected chi connectivity index (χ1v) is 5.64. The summed E-state index contributed by atoms with van der Waals surface area (Å²) in [7, 11) is 0. The van der Waals surface area contributed by atoms with E-state index in [1.54, 1.807) is 6.20 Å². The fourth-order valence-corrected chi connectivity index (χ4v) is 1.47. The molecule has 0 saturated carbocycles. The summed E-state index contributed by atoms with van der Waals surface area (Å²) in [4.78, 5) is 4.13. The minimum absolute atomic E-state index is 0.520. The maximum absolute atomic E-state index is 5.69. The average molecular weight is 229 g/mol. The van der Waals surface area contributed by atoms with Crippen LogP contribution < -0.4 is 9.47 Å². The largest absolute Gasteiger partial charge is 0.483 e. The van der Waals surface area contributed by atoms with Crippen molar-refractivity contribution in [2.24, 2.45) is 0 Å². The number of hydrogen-bond donors (Lipinski definition) is 0. The van der Waals surface area contributed by atoms with E-state index in [9.17, 15) is 0 Å². The standard InChI is InChI=1S/C14H15NO2/c1-2-16-14-13(9-6-10-15-14)17-11-12-7-4-3-5-8-12/h3-10H,2,11H2,1H3. The van der Waals surface area contributed by atoms with Crippen molar-refractivity contribution in [3.05, 3.63) is 54.2 Å². The van der Waals surface area contributed by atoms with Gasteiger partial charge in [0.2, 0.25) is 0 Å². The van der Waals surface area contributed by atoms with E-state index in [4.69, 9.17) is 9.47 Å². The van der Waals surface area contributed by atoms with Crippen LogP contribution >= 0.6 is 0 Å². The zero-order chi connectivity index (χ0) is 11.9. The Labute approximate surface area is 101 Å². The molecule has 0 aliphatic rings. The maximum atomic E-state index is 5.69. The van der Waals surface area contributed by atoms with Crippen molar-refractivity contribution in [2.45, 2.75) is 13.5 Å². The minimum Gasteiger partial charge on any atom is -0.483 e. The van der Waals surface area contributed by atoms with Crippen LogP contribution in [0.15, 0.2) is 48.7 Å². The Morgan fingerprint density at radius 3 is 2.59 bits per heavy atom. The van der Waals surface area contributed by atoms with E-state index in [1.807, 2.05) is 49.4 Å². The molecule has 0 radical (unpaired) electrons. The Hall–Kier alpha value is -2.03. The van der Waals surface area contributed by atoms with Crippen LogP contribution in [-0.2, 0) is 6.61 Å². The van der Waals surface area contributed by atoms with E-state index in [0.717, 1.165) is 5.56 Å². The van der Waals surface area contributed by atoms with E-state index in [0.29, 0.717) is 24.8 Å². The van der Waals surface area contributed by atoms with Crippen molar-refractivity contribution >= 4 is 0 Å². The molecular weight excluding hydrogens is 214 g/mol. The molecule has 0 fully saturated rings. The quantitative estimate of drug-likeness (QED) is 0.789. The molecule has 0 amide bonds. The minimum atomic E-state index is 0.520. The summed E-state index contributed by atoms with van der Waals surface area (Å²) >= 11 is 0. The van der Waals surface area contributed by atoms with Gasteiger partial charge in [0.05, 0.1) is 6.61 Å². The Kier molecular flexibility index (Phi) is 3.97. The first kappa shape index (κ1) is 11.5. The molecule has 0 aliphatic heterocycles. The summed E-state index contributed by atoms with van der Waals surface area (Å²) in [5.74, 6) is 1.23. The highest BCUT2D eigenvalue weighted by atomic mass is 16.5. The number of benzene rings is 1. The van der Waals surface area contributed by atoms with Gasteiger partial charge in [0.15, 0.2) is 5.75 Å². The lowest BCUT2D eigenvalue weighted by molar-refractivity contribution is 0.261. The first-order valence-electron chi connectivity index (χ1n) is 5.64. The fraction of sp³-hybridized carbons (Fsp3) is 0.214. The Bertz CT molecular complexity index is 457. The lowest BCUT2D eigenvalue weighted by atomic mass is 10.2. The van der Waals surface area contributed by atoms with Crippen LogP contribution in [-0.4, -0.2) is 11.6 Å². The van der Waals surface area contributed by atoms with Gasteiger partial charge in [0.1, 0.15) is 6.61 Å². The summed E-state index contributed by atoms with van der Waals surface area (Å²) < 4.78 is 11.1. The monoisotopic (exact) mass is 229 g/mol. The van der Waals surface area contributed by atoms with Gasteiger partial charge >= 0.3 is 0 Å². The smallest absolute Gasteiger partial charge is 0.256 e. The summed E-state index contributed by atoms with van der Waals surface area (Å²) in [6, 6.07) is 13.7. The van der Waals surface area contributed by atoms with Crippen molar-refractivity contribution in [3.63, 3.8) is 0 Å². The second-order valence-electron chi connectivity index (χ2n) is 3.51. The molecule has 0 atom stereocenters. The molecule has 0 N–H and O–H groups in total. The van der Waals surface area contributed by atoms with Crippen LogP contribution in [0.3, 0.4) is 0 Å². The third-order valence-electron chi connectivity index (χ3n) is 2.25. The van der Waals surface area contributed by atoms with E-state index in [1.165, 1.54) is 0 Å². The number of hydrogen-bond acceptors (Lipinski definition) is 3. The summed E-state index contributed by atoms with van der Waals surface area (Å²) in [6.45, 7) is 3.03. The van der Waals surface area contributed by atoms with Crippen molar-refractivity contribution in [2.75, 3.05) is 6.61 Å². The van der Waals surface area contributed by atoms with Gasteiger partial charge in [-0.05, 0) is 24.6 Å². The third kappa shape index (κ3) is 3.21. The van der Waals surface area contributed by atoms with Gasteiger partial charge in [-0.1, -0.05) is 30.3 Å². The molecule has 1 aromatic carbocycles. The summed E-state index contributed by atoms with van der Waals surface area (Å²) in [6.07, 6.45) is 1.69. The predicted molar refractivity (Wildman–Crippen MR) is 66.2 cm³/mol. The molecule has 0 saturated heterocycles. The molecule has 2 rings (SSSR count). The van der Waals surface area contributed by atoms with E-state index in [2.05, 4.69) is 4.98 Å². The normalized spacial score (nSPS) is 9.94. The number of ether oxygens (including phenoxy) is 2. The molecule has 0 unspecified atom stereocenters. The number of rotatable bonds is 5. The first-order chi connectivity index (χ1) is 8.40. The number of aromatic nitrogens is 1. The zero-order valence-corrected chi connectivity index (χ0v) is 9.80. The summed E-state index contributed by atoms with van der Waals surface area (Å²) in [5, 5.41) is 0. The summed E-state index contributed by atoms with van der Waals surface area (Å²) in [5.41, 5.74) is 1.12. The van der Waals surface area contributed by atoms with Gasteiger partial charge in [0.25, 0.3) is 5.88 Å². The number of pyridine rings is 1. The van der Waals surface area contributed by atoms with Crippen LogP contribution in [0.25, 0.3) is 0 Å². The topological polar surface area (TPSA) is 31.4 Å². The molecular formula is C14H15NO2. The highest BCUT2D eigenvalue weighted by molar-refractivity contribution is 5.32. The van der Waals surface area contributed by atoms with E-state index >= 15 is 0 Å². The molecule has 1 aromatic heterocycles. The second-order valence-corrected chi connectivity index (χ2v) is 3.51. The molecule has 17 heavy (non-hydrogen) atoms. The van der Waals surface area contributed by atoms with Crippen molar-refractivity contribution < 1.29 is 9.47 Å². The van der Waals surface area contributed by atoms with E-state index < -0.39 is 0 Å². The lowest BCUT2D eigenvalue weighted by Gasteiger charge is -2.10. The molecule has 0 bridgehead atoms. The molecule has 3 heteroatoms. The van der Waals surface area contributed by atoms with Gasteiger partial charge < -0.3 is 9.47 Å². The van der Waals surface area contributed by atoms with Crippen LogP contribution in [0.5, 0.6) is 11.6 Å². The van der Waals surface area contributed by atoms with Crippen molar-refractivity contribution in [1.82, 2.24) is 4.98 Å². The van der Waals surface area contributed by atoms with E-state index in [-0.39, 0.29) is 0 Å². The van der Waals surface area contributed by atoms with Gasteiger partial charge in [-0.25, -0.2) is 4.98 Å². The zero-order valence-electron chi connectivity index (χ0n) is 9.80. The van der Waals surface area contributed by atoms with Crippen molar-refractivity contribution in [3.8, 4) is 11.6 Å². The Morgan fingerprint density at radius 1 is 1.00 bits per heavy atom. The average Bonchev–Trinajstić information content (AvgIpc) is 2.39. The Morgan fingerprint density at radius 2 is 1.82 bits per heavy atom. The van der Waals surface area contributed by atoms with Gasteiger partial charge in [-0.2, -0.15) is 0 Å². The fourth-order valence-electron chi connectivity index (χ4n) is 1.47. The third-order valence-corrected chi connectivity index (χ3v) is 2.25. The van der Waals surface area contributed by atoms with Gasteiger partial charge in [0, 0.05) is 6.20 Å². The second kappa shape index (κ2) is 5.89. The van der Waals surface area contributed by atoms with Crippen LogP contribution in [0.4, 0.5) is 0 Å². The molecule has 0 aliphatic carbocycles. The molecule has 3 nitrogen and oxygen atoms in total. The predicted octanol–water partition coefficient (Wildman–Crippen LogP) is 3.06. The maximum Gasteiger partial charge on any atom is 0.256 e. The highest BCUT2D eigenvalue weighted by Crippen LogP contribution is 2.24. The van der Waals surface area contributed by atoms with Crippen LogP contribution in [0.1, 0.15) is 12.5 Å². The number of nitrogens with zero attached hydrogens (tertiary/aromatic N) is 1. The van der Waals surface area contributed by atoms with Gasteiger partial charge in [-0.15, -0.1) is 0 Å². The van der Waals surface area contributed by atoms with Crippen molar-refractivity contribution in [1.29, 1.82) is 0 Å². The Balaban J connectivity index is 2.03. The lowest BCUT2D eigenvalue weighted by Crippen LogP contribution is -2.00. The SMILES string of the molecule is CCOc1ncccc1OCc1ccccc1. The van der Waals surface area contributed by atoms with Gasteiger partial charge in [-0.3, -0.25) is 0 Å². The van der Waals surface area contributed by atoms with Crippen LogP contribution in [0, 0.1) is 0 Å².